The number of aromatic carboxylic acids is 1. The first kappa shape index (κ1) is 18.6. The number of carbonyl (C=O) groups is 2. The van der Waals surface area contributed by atoms with E-state index in [9.17, 15) is 9.59 Å². The van der Waals surface area contributed by atoms with Gasteiger partial charge in [-0.3, -0.25) is 4.79 Å². The fraction of sp³-hybridized carbons (Fsp3) is 0.176. The molecule has 0 unspecified atom stereocenters. The first-order valence-electron chi connectivity index (χ1n) is 7.03. The van der Waals surface area contributed by atoms with E-state index in [1.54, 1.807) is 31.2 Å². The summed E-state index contributed by atoms with van der Waals surface area (Å²) in [7, 11) is 0. The van der Waals surface area contributed by atoms with Gasteiger partial charge < -0.3 is 10.4 Å². The third-order valence-corrected chi connectivity index (χ3v) is 4.97. The van der Waals surface area contributed by atoms with Crippen LogP contribution in [0.3, 0.4) is 0 Å². The third-order valence-electron chi connectivity index (χ3n) is 3.30. The summed E-state index contributed by atoms with van der Waals surface area (Å²) >= 11 is 13.6. The molecule has 7 heteroatoms. The van der Waals surface area contributed by atoms with Crippen molar-refractivity contribution < 1.29 is 14.7 Å². The van der Waals surface area contributed by atoms with Gasteiger partial charge in [0.25, 0.3) is 0 Å². The Hall–Kier alpha value is -1.69. The van der Waals surface area contributed by atoms with E-state index in [0.29, 0.717) is 21.5 Å². The number of carboxylic acids is 1. The second-order valence-corrected chi connectivity index (χ2v) is 6.88. The molecule has 0 aromatic heterocycles. The zero-order valence-corrected chi connectivity index (χ0v) is 15.1. The number of carbonyl (C=O) groups excluding carboxylic acids is 1. The van der Waals surface area contributed by atoms with E-state index in [0.717, 1.165) is 11.1 Å². The molecule has 0 aliphatic carbocycles. The van der Waals surface area contributed by atoms with Gasteiger partial charge in [-0.1, -0.05) is 35.3 Å². The predicted molar refractivity (Wildman–Crippen MR) is 99.4 cm³/mol. The van der Waals surface area contributed by atoms with Gasteiger partial charge in [0.1, 0.15) is 0 Å². The summed E-state index contributed by atoms with van der Waals surface area (Å²) in [4.78, 5) is 23.1. The van der Waals surface area contributed by atoms with Gasteiger partial charge in [-0.05, 0) is 42.3 Å². The van der Waals surface area contributed by atoms with Gasteiger partial charge >= 0.3 is 5.97 Å². The van der Waals surface area contributed by atoms with Gasteiger partial charge in [-0.2, -0.15) is 0 Å². The molecule has 2 aromatic carbocycles. The molecule has 0 heterocycles. The molecule has 0 aliphatic heterocycles. The molecule has 2 aromatic rings. The maximum atomic E-state index is 12.1. The largest absolute Gasteiger partial charge is 0.478 e. The van der Waals surface area contributed by atoms with Crippen LogP contribution in [0.5, 0.6) is 0 Å². The quantitative estimate of drug-likeness (QED) is 0.746. The first-order valence-corrected chi connectivity index (χ1v) is 8.94. The van der Waals surface area contributed by atoms with Crippen molar-refractivity contribution in [2.75, 3.05) is 11.1 Å². The van der Waals surface area contributed by atoms with Crippen LogP contribution in [0.25, 0.3) is 0 Å². The number of hydrogen-bond donors (Lipinski definition) is 2. The van der Waals surface area contributed by atoms with E-state index in [1.807, 2.05) is 0 Å². The second kappa shape index (κ2) is 8.42. The van der Waals surface area contributed by atoms with Crippen LogP contribution in [0.1, 0.15) is 21.5 Å². The zero-order chi connectivity index (χ0) is 17.7. The number of aryl methyl sites for hydroxylation is 1. The lowest BCUT2D eigenvalue weighted by molar-refractivity contribution is -0.113. The molecule has 0 saturated heterocycles. The SMILES string of the molecule is Cc1ccc(C(=O)O)cc1NC(=O)CSCc1c(Cl)cccc1Cl. The smallest absolute Gasteiger partial charge is 0.335 e. The maximum absolute atomic E-state index is 12.1. The number of anilines is 1. The molecule has 0 atom stereocenters. The fourth-order valence-corrected chi connectivity index (χ4v) is 3.56. The highest BCUT2D eigenvalue weighted by atomic mass is 35.5. The highest BCUT2D eigenvalue weighted by molar-refractivity contribution is 7.99. The van der Waals surface area contributed by atoms with Crippen molar-refractivity contribution in [2.45, 2.75) is 12.7 Å². The number of nitrogens with one attached hydrogen (secondary N) is 1. The fourth-order valence-electron chi connectivity index (χ4n) is 1.99. The van der Waals surface area contributed by atoms with Crippen LogP contribution in [0.4, 0.5) is 5.69 Å². The molecule has 24 heavy (non-hydrogen) atoms. The highest BCUT2D eigenvalue weighted by Gasteiger charge is 2.11. The number of halogens is 2. The Bertz CT molecular complexity index is 760. The van der Waals surface area contributed by atoms with E-state index >= 15 is 0 Å². The third kappa shape index (κ3) is 4.90. The van der Waals surface area contributed by atoms with Crippen molar-refractivity contribution >= 4 is 52.5 Å². The number of rotatable bonds is 6. The van der Waals surface area contributed by atoms with Gasteiger partial charge in [0.2, 0.25) is 5.91 Å². The summed E-state index contributed by atoms with van der Waals surface area (Å²) < 4.78 is 0. The molecule has 2 N–H and O–H groups in total. The maximum Gasteiger partial charge on any atom is 0.335 e. The molecule has 4 nitrogen and oxygen atoms in total. The number of amides is 1. The lowest BCUT2D eigenvalue weighted by Crippen LogP contribution is -2.15. The second-order valence-electron chi connectivity index (χ2n) is 5.08. The predicted octanol–water partition coefficient (Wildman–Crippen LogP) is 4.87. The Morgan fingerprint density at radius 1 is 1.17 bits per heavy atom. The van der Waals surface area contributed by atoms with E-state index in [1.165, 1.54) is 23.9 Å². The summed E-state index contributed by atoms with van der Waals surface area (Å²) in [5.74, 6) is -0.528. The Morgan fingerprint density at radius 3 is 2.46 bits per heavy atom. The molecular formula is C17H15Cl2NO3S. The Kier molecular flexibility index (Phi) is 6.54. The number of benzene rings is 2. The average Bonchev–Trinajstić information content (AvgIpc) is 2.52. The lowest BCUT2D eigenvalue weighted by Gasteiger charge is -2.10. The number of thioether (sulfide) groups is 1. The molecule has 0 spiro atoms. The van der Waals surface area contributed by atoms with Crippen LogP contribution in [-0.2, 0) is 10.5 Å². The molecular weight excluding hydrogens is 369 g/mol. The summed E-state index contributed by atoms with van der Waals surface area (Å²) in [5.41, 5.74) is 2.22. The van der Waals surface area contributed by atoms with Crippen molar-refractivity contribution in [3.63, 3.8) is 0 Å². The van der Waals surface area contributed by atoms with Crippen LogP contribution < -0.4 is 5.32 Å². The molecule has 1 amide bonds. The molecule has 0 saturated carbocycles. The van der Waals surface area contributed by atoms with Gasteiger partial charge in [0.05, 0.1) is 11.3 Å². The topological polar surface area (TPSA) is 66.4 Å². The Morgan fingerprint density at radius 2 is 1.83 bits per heavy atom. The van der Waals surface area contributed by atoms with Crippen molar-refractivity contribution in [3.8, 4) is 0 Å². The van der Waals surface area contributed by atoms with Crippen molar-refractivity contribution in [2.24, 2.45) is 0 Å². The molecule has 2 rings (SSSR count). The van der Waals surface area contributed by atoms with Crippen LogP contribution in [-0.4, -0.2) is 22.7 Å². The van der Waals surface area contributed by atoms with E-state index in [-0.39, 0.29) is 17.2 Å². The monoisotopic (exact) mass is 383 g/mol. The van der Waals surface area contributed by atoms with Crippen molar-refractivity contribution in [1.29, 1.82) is 0 Å². The number of hydrogen-bond acceptors (Lipinski definition) is 3. The molecule has 0 radical (unpaired) electrons. The van der Waals surface area contributed by atoms with E-state index < -0.39 is 5.97 Å². The van der Waals surface area contributed by atoms with Crippen molar-refractivity contribution in [1.82, 2.24) is 0 Å². The van der Waals surface area contributed by atoms with Gasteiger partial charge in [-0.25, -0.2) is 4.79 Å². The number of carboxylic acid groups (broad SMARTS) is 1. The van der Waals surface area contributed by atoms with E-state index in [4.69, 9.17) is 28.3 Å². The first-order chi connectivity index (χ1) is 11.4. The summed E-state index contributed by atoms with van der Waals surface area (Å²) in [6, 6.07) is 9.89. The normalized spacial score (nSPS) is 10.5. The highest BCUT2D eigenvalue weighted by Crippen LogP contribution is 2.28. The van der Waals surface area contributed by atoms with Crippen LogP contribution in [0.15, 0.2) is 36.4 Å². The van der Waals surface area contributed by atoms with Crippen LogP contribution in [0, 0.1) is 6.92 Å². The molecule has 126 valence electrons. The minimum atomic E-state index is -1.03. The average molecular weight is 384 g/mol. The Balaban J connectivity index is 1.94. The molecule has 0 bridgehead atoms. The zero-order valence-electron chi connectivity index (χ0n) is 12.8. The van der Waals surface area contributed by atoms with Crippen molar-refractivity contribution in [3.05, 3.63) is 63.1 Å². The molecule has 0 fully saturated rings. The lowest BCUT2D eigenvalue weighted by atomic mass is 10.1. The molecule has 0 aliphatic rings. The van der Waals surface area contributed by atoms with Crippen LogP contribution >= 0.6 is 35.0 Å². The van der Waals surface area contributed by atoms with Gasteiger partial charge in [0, 0.05) is 21.5 Å². The van der Waals surface area contributed by atoms with Gasteiger partial charge in [0.15, 0.2) is 0 Å². The standard InChI is InChI=1S/C17H15Cl2NO3S/c1-10-5-6-11(17(22)23)7-15(10)20-16(21)9-24-8-12-13(18)3-2-4-14(12)19/h2-7H,8-9H2,1H3,(H,20,21)(H,22,23). The Labute approximate surface area is 154 Å². The summed E-state index contributed by atoms with van der Waals surface area (Å²) in [6.07, 6.45) is 0. The minimum Gasteiger partial charge on any atom is -0.478 e. The minimum absolute atomic E-state index is 0.131. The summed E-state index contributed by atoms with van der Waals surface area (Å²) in [6.45, 7) is 1.80. The van der Waals surface area contributed by atoms with E-state index in [2.05, 4.69) is 5.32 Å². The van der Waals surface area contributed by atoms with Crippen LogP contribution in [0.2, 0.25) is 10.0 Å². The van der Waals surface area contributed by atoms with Gasteiger partial charge in [-0.15, -0.1) is 11.8 Å². The summed E-state index contributed by atoms with van der Waals surface area (Å²) in [5, 5.41) is 12.9.